The molecule has 1 aliphatic rings. The number of anilines is 2. The van der Waals surface area contributed by atoms with Crippen LogP contribution in [0.15, 0.2) is 78.9 Å². The molecule has 0 atom stereocenters. The van der Waals surface area contributed by atoms with Crippen LogP contribution in [0.4, 0.5) is 11.4 Å². The monoisotopic (exact) mass is 443 g/mol. The van der Waals surface area contributed by atoms with Crippen molar-refractivity contribution in [3.05, 3.63) is 78.9 Å². The van der Waals surface area contributed by atoms with Gasteiger partial charge in [0.2, 0.25) is 5.91 Å². The first kappa shape index (κ1) is 22.7. The molecule has 0 bridgehead atoms. The van der Waals surface area contributed by atoms with Gasteiger partial charge in [-0.2, -0.15) is 0 Å². The summed E-state index contributed by atoms with van der Waals surface area (Å²) in [4.78, 5) is 13.3. The van der Waals surface area contributed by atoms with E-state index in [1.54, 1.807) is 7.11 Å². The van der Waals surface area contributed by atoms with Crippen molar-refractivity contribution < 1.29 is 9.53 Å². The summed E-state index contributed by atoms with van der Waals surface area (Å²) < 4.78 is 5.19. The van der Waals surface area contributed by atoms with Crippen LogP contribution in [-0.2, 0) is 4.79 Å². The Bertz CT molecular complexity index is 1010. The molecule has 33 heavy (non-hydrogen) atoms. The Morgan fingerprint density at radius 1 is 0.788 bits per heavy atom. The average molecular weight is 444 g/mol. The Balaban J connectivity index is 1.35. The number of benzene rings is 3. The zero-order chi connectivity index (χ0) is 22.9. The molecule has 1 fully saturated rings. The van der Waals surface area contributed by atoms with Crippen LogP contribution < -0.4 is 20.7 Å². The SMILES string of the molecule is COc1ccc(NCCNC(=O)C2(Nc3ccc(-c4ccccc4)cc3)CCCCC2)cc1. The van der Waals surface area contributed by atoms with E-state index in [9.17, 15) is 4.79 Å². The number of hydrogen-bond acceptors (Lipinski definition) is 4. The molecule has 0 unspecified atom stereocenters. The van der Waals surface area contributed by atoms with Crippen LogP contribution in [0.5, 0.6) is 5.75 Å². The van der Waals surface area contributed by atoms with Gasteiger partial charge in [-0.15, -0.1) is 0 Å². The molecule has 3 N–H and O–H groups in total. The van der Waals surface area contributed by atoms with E-state index in [2.05, 4.69) is 52.3 Å². The summed E-state index contributed by atoms with van der Waals surface area (Å²) >= 11 is 0. The Kier molecular flexibility index (Phi) is 7.51. The second kappa shape index (κ2) is 10.9. The summed E-state index contributed by atoms with van der Waals surface area (Å²) in [6, 6.07) is 26.5. The van der Waals surface area contributed by atoms with E-state index < -0.39 is 5.54 Å². The molecule has 4 rings (SSSR count). The van der Waals surface area contributed by atoms with E-state index in [4.69, 9.17) is 4.74 Å². The number of carbonyl (C=O) groups excluding carboxylic acids is 1. The number of carbonyl (C=O) groups is 1. The predicted octanol–water partition coefficient (Wildman–Crippen LogP) is 5.71. The van der Waals surface area contributed by atoms with E-state index in [1.807, 2.05) is 42.5 Å². The summed E-state index contributed by atoms with van der Waals surface area (Å²) in [7, 11) is 1.66. The van der Waals surface area contributed by atoms with Gasteiger partial charge < -0.3 is 20.7 Å². The number of hydrogen-bond donors (Lipinski definition) is 3. The lowest BCUT2D eigenvalue weighted by Gasteiger charge is -2.37. The molecule has 5 nitrogen and oxygen atoms in total. The third kappa shape index (κ3) is 5.86. The van der Waals surface area contributed by atoms with E-state index in [1.165, 1.54) is 17.5 Å². The fourth-order valence-electron chi connectivity index (χ4n) is 4.48. The van der Waals surface area contributed by atoms with Crippen LogP contribution in [0, 0.1) is 0 Å². The van der Waals surface area contributed by atoms with E-state index in [-0.39, 0.29) is 5.91 Å². The molecule has 0 heterocycles. The van der Waals surface area contributed by atoms with Gasteiger partial charge in [-0.25, -0.2) is 0 Å². The topological polar surface area (TPSA) is 62.4 Å². The standard InChI is InChI=1S/C28H33N3O2/c1-33-26-16-14-24(15-17-26)29-20-21-30-27(32)28(18-6-3-7-19-28)31-25-12-10-23(11-13-25)22-8-4-2-5-9-22/h2,4-5,8-17,29,31H,3,6-7,18-21H2,1H3,(H,30,32). The van der Waals surface area contributed by atoms with Crippen LogP contribution in [0.1, 0.15) is 32.1 Å². The molecule has 0 spiro atoms. The van der Waals surface area contributed by atoms with Gasteiger partial charge in [0, 0.05) is 24.5 Å². The molecule has 3 aromatic carbocycles. The zero-order valence-corrected chi connectivity index (χ0v) is 19.3. The fourth-order valence-corrected chi connectivity index (χ4v) is 4.48. The molecule has 1 amide bonds. The van der Waals surface area contributed by atoms with Gasteiger partial charge in [0.25, 0.3) is 0 Å². The van der Waals surface area contributed by atoms with Gasteiger partial charge in [0.05, 0.1) is 7.11 Å². The lowest BCUT2D eigenvalue weighted by molar-refractivity contribution is -0.126. The third-order valence-electron chi connectivity index (χ3n) is 6.35. The predicted molar refractivity (Wildman–Crippen MR) is 136 cm³/mol. The molecule has 172 valence electrons. The number of nitrogens with one attached hydrogen (secondary N) is 3. The second-order valence-corrected chi connectivity index (χ2v) is 8.62. The first-order valence-corrected chi connectivity index (χ1v) is 11.8. The molecule has 1 saturated carbocycles. The van der Waals surface area contributed by atoms with Crippen LogP contribution in [0.3, 0.4) is 0 Å². The highest BCUT2D eigenvalue weighted by atomic mass is 16.5. The lowest BCUT2D eigenvalue weighted by atomic mass is 9.80. The smallest absolute Gasteiger partial charge is 0.245 e. The quantitative estimate of drug-likeness (QED) is 0.371. The highest BCUT2D eigenvalue weighted by molar-refractivity contribution is 5.89. The van der Waals surface area contributed by atoms with Gasteiger partial charge in [0.1, 0.15) is 11.3 Å². The van der Waals surface area contributed by atoms with Crippen molar-refractivity contribution >= 4 is 17.3 Å². The largest absolute Gasteiger partial charge is 0.497 e. The summed E-state index contributed by atoms with van der Waals surface area (Å²) in [5, 5.41) is 10.1. The molecule has 3 aromatic rings. The number of amides is 1. The molecular weight excluding hydrogens is 410 g/mol. The van der Waals surface area contributed by atoms with Crippen LogP contribution in [0.2, 0.25) is 0 Å². The number of rotatable bonds is 9. The molecule has 1 aliphatic carbocycles. The Hall–Kier alpha value is -3.47. The summed E-state index contributed by atoms with van der Waals surface area (Å²) in [5.74, 6) is 0.918. The highest BCUT2D eigenvalue weighted by Crippen LogP contribution is 2.33. The van der Waals surface area contributed by atoms with Crippen molar-refractivity contribution in [1.82, 2.24) is 5.32 Å². The summed E-state index contributed by atoms with van der Waals surface area (Å²) in [6.07, 6.45) is 5.01. The molecule has 5 heteroatoms. The summed E-state index contributed by atoms with van der Waals surface area (Å²) in [5.41, 5.74) is 3.82. The van der Waals surface area contributed by atoms with Crippen LogP contribution in [0.25, 0.3) is 11.1 Å². The van der Waals surface area contributed by atoms with Crippen molar-refractivity contribution in [3.63, 3.8) is 0 Å². The van der Waals surface area contributed by atoms with Crippen LogP contribution >= 0.6 is 0 Å². The van der Waals surface area contributed by atoms with Gasteiger partial charge in [-0.3, -0.25) is 4.79 Å². The van der Waals surface area contributed by atoms with Gasteiger partial charge in [-0.05, 0) is 60.4 Å². The van der Waals surface area contributed by atoms with E-state index >= 15 is 0 Å². The molecule has 0 aliphatic heterocycles. The van der Waals surface area contributed by atoms with Crippen molar-refractivity contribution in [2.75, 3.05) is 30.8 Å². The Labute approximate surface area is 196 Å². The van der Waals surface area contributed by atoms with Gasteiger partial charge in [0.15, 0.2) is 0 Å². The van der Waals surface area contributed by atoms with Gasteiger partial charge in [-0.1, -0.05) is 61.7 Å². The average Bonchev–Trinajstić information content (AvgIpc) is 2.88. The number of methoxy groups -OCH3 is 1. The van der Waals surface area contributed by atoms with Crippen LogP contribution in [-0.4, -0.2) is 31.6 Å². The highest BCUT2D eigenvalue weighted by Gasteiger charge is 2.39. The number of ether oxygens (including phenoxy) is 1. The maximum Gasteiger partial charge on any atom is 0.245 e. The maximum absolute atomic E-state index is 13.3. The minimum absolute atomic E-state index is 0.0888. The first-order chi connectivity index (χ1) is 16.2. The van der Waals surface area contributed by atoms with E-state index in [0.717, 1.165) is 42.8 Å². The molecule has 0 radical (unpaired) electrons. The minimum Gasteiger partial charge on any atom is -0.497 e. The van der Waals surface area contributed by atoms with E-state index in [0.29, 0.717) is 13.1 Å². The minimum atomic E-state index is -0.549. The molecule has 0 aromatic heterocycles. The molecule has 0 saturated heterocycles. The van der Waals surface area contributed by atoms with Crippen molar-refractivity contribution in [2.24, 2.45) is 0 Å². The zero-order valence-electron chi connectivity index (χ0n) is 19.3. The lowest BCUT2D eigenvalue weighted by Crippen LogP contribution is -2.54. The third-order valence-corrected chi connectivity index (χ3v) is 6.35. The molecular formula is C28H33N3O2. The van der Waals surface area contributed by atoms with Crippen molar-refractivity contribution in [3.8, 4) is 16.9 Å². The van der Waals surface area contributed by atoms with Crippen molar-refractivity contribution in [2.45, 2.75) is 37.6 Å². The Morgan fingerprint density at radius 3 is 2.09 bits per heavy atom. The Morgan fingerprint density at radius 2 is 1.42 bits per heavy atom. The fraction of sp³-hybridized carbons (Fsp3) is 0.321. The second-order valence-electron chi connectivity index (χ2n) is 8.62. The van der Waals surface area contributed by atoms with Crippen molar-refractivity contribution in [1.29, 1.82) is 0 Å². The summed E-state index contributed by atoms with van der Waals surface area (Å²) in [6.45, 7) is 1.24. The normalized spacial score (nSPS) is 14.8. The first-order valence-electron chi connectivity index (χ1n) is 11.8. The maximum atomic E-state index is 13.3. The van der Waals surface area contributed by atoms with Gasteiger partial charge >= 0.3 is 0 Å².